The second-order valence-electron chi connectivity index (χ2n) is 6.59. The van der Waals surface area contributed by atoms with Gasteiger partial charge in [0.15, 0.2) is 0 Å². The number of hydrogen-bond donors (Lipinski definition) is 1. The lowest BCUT2D eigenvalue weighted by molar-refractivity contribution is 0.0171. The molecule has 0 saturated carbocycles. The van der Waals surface area contributed by atoms with E-state index in [0.29, 0.717) is 30.5 Å². The lowest BCUT2D eigenvalue weighted by Gasteiger charge is -2.38. The lowest BCUT2D eigenvalue weighted by atomic mass is 9.90. The zero-order valence-electron chi connectivity index (χ0n) is 14.6. The molecule has 3 heterocycles. The van der Waals surface area contributed by atoms with E-state index in [1.807, 2.05) is 31.9 Å². The highest BCUT2D eigenvalue weighted by molar-refractivity contribution is 5.36. The van der Waals surface area contributed by atoms with Gasteiger partial charge in [0, 0.05) is 24.3 Å². The molecule has 1 saturated heterocycles. The van der Waals surface area contributed by atoms with Crippen molar-refractivity contribution in [2.24, 2.45) is 0 Å². The molecule has 24 heavy (non-hydrogen) atoms. The lowest BCUT2D eigenvalue weighted by Crippen LogP contribution is -2.47. The maximum Gasteiger partial charge on any atom is 0.228 e. The molecule has 130 valence electrons. The number of anilines is 1. The molecule has 1 aliphatic heterocycles. The van der Waals surface area contributed by atoms with Gasteiger partial charge in [0.1, 0.15) is 11.3 Å². The zero-order valence-corrected chi connectivity index (χ0v) is 14.6. The van der Waals surface area contributed by atoms with Crippen LogP contribution in [0.1, 0.15) is 44.1 Å². The van der Waals surface area contributed by atoms with Gasteiger partial charge in [-0.3, -0.25) is 0 Å². The molecule has 0 aromatic carbocycles. The van der Waals surface area contributed by atoms with E-state index in [0.717, 1.165) is 18.7 Å². The molecule has 0 spiro atoms. The summed E-state index contributed by atoms with van der Waals surface area (Å²) in [5.74, 6) is 1.10. The summed E-state index contributed by atoms with van der Waals surface area (Å²) in [7, 11) is 1.59. The van der Waals surface area contributed by atoms with Crippen molar-refractivity contribution in [2.75, 3.05) is 25.1 Å². The van der Waals surface area contributed by atoms with Crippen LogP contribution in [-0.4, -0.2) is 50.3 Å². The normalized spacial score (nSPS) is 21.3. The predicted octanol–water partition coefficient (Wildman–Crippen LogP) is 1.45. The average molecular weight is 332 g/mol. The Hall–Kier alpha value is -2.22. The molecule has 0 unspecified atom stereocenters. The minimum atomic E-state index is -1.05. The number of nitrogens with zero attached hydrogens (tertiary/aromatic N) is 6. The molecule has 2 aromatic rings. The SMILES string of the molecule is COc1cc(C)nc(N2CCC[C@](O)(c3cn(C(C)C)nn3)C2)n1. The zero-order chi connectivity index (χ0) is 17.3. The van der Waals surface area contributed by atoms with Gasteiger partial charge < -0.3 is 14.7 Å². The minimum Gasteiger partial charge on any atom is -0.481 e. The summed E-state index contributed by atoms with van der Waals surface area (Å²) in [6.07, 6.45) is 3.29. The van der Waals surface area contributed by atoms with Crippen molar-refractivity contribution in [2.45, 2.75) is 45.3 Å². The van der Waals surface area contributed by atoms with Crippen molar-refractivity contribution < 1.29 is 9.84 Å². The van der Waals surface area contributed by atoms with Crippen molar-refractivity contribution in [3.05, 3.63) is 23.7 Å². The van der Waals surface area contributed by atoms with E-state index in [4.69, 9.17) is 4.74 Å². The first-order valence-electron chi connectivity index (χ1n) is 8.20. The second-order valence-corrected chi connectivity index (χ2v) is 6.59. The summed E-state index contributed by atoms with van der Waals surface area (Å²) in [4.78, 5) is 10.9. The Morgan fingerprint density at radius 3 is 2.79 bits per heavy atom. The number of rotatable bonds is 4. The van der Waals surface area contributed by atoms with Gasteiger partial charge in [-0.25, -0.2) is 9.67 Å². The number of piperidine rings is 1. The van der Waals surface area contributed by atoms with Gasteiger partial charge in [-0.2, -0.15) is 4.98 Å². The van der Waals surface area contributed by atoms with Crippen LogP contribution in [0.25, 0.3) is 0 Å². The topological polar surface area (TPSA) is 89.2 Å². The molecular weight excluding hydrogens is 308 g/mol. The van der Waals surface area contributed by atoms with E-state index < -0.39 is 5.60 Å². The molecule has 1 aliphatic rings. The van der Waals surface area contributed by atoms with Crippen molar-refractivity contribution in [1.29, 1.82) is 0 Å². The molecule has 0 bridgehead atoms. The molecule has 1 fully saturated rings. The van der Waals surface area contributed by atoms with Gasteiger partial charge in [0.25, 0.3) is 0 Å². The third-order valence-corrected chi connectivity index (χ3v) is 4.30. The summed E-state index contributed by atoms with van der Waals surface area (Å²) in [6, 6.07) is 1.99. The highest BCUT2D eigenvalue weighted by atomic mass is 16.5. The summed E-state index contributed by atoms with van der Waals surface area (Å²) in [5, 5.41) is 19.4. The Labute approximate surface area is 141 Å². The molecule has 1 N–H and O–H groups in total. The molecule has 0 radical (unpaired) electrons. The molecule has 2 aromatic heterocycles. The number of aliphatic hydroxyl groups is 1. The van der Waals surface area contributed by atoms with Gasteiger partial charge in [0.2, 0.25) is 11.8 Å². The first kappa shape index (κ1) is 16.6. The van der Waals surface area contributed by atoms with E-state index in [1.165, 1.54) is 0 Å². The number of β-amino-alcohol motifs (C(OH)–C–C–N with tert-alkyl or cyclic N) is 1. The van der Waals surface area contributed by atoms with Crippen LogP contribution in [0.3, 0.4) is 0 Å². The molecule has 8 nitrogen and oxygen atoms in total. The standard InChI is InChI=1S/C16H24N6O2/c1-11(2)22-9-13(19-20-22)16(23)6-5-7-21(10-16)15-17-12(3)8-14(18-15)24-4/h8-9,11,23H,5-7,10H2,1-4H3/t16-/m1/s1. The third-order valence-electron chi connectivity index (χ3n) is 4.30. The molecule has 8 heteroatoms. The van der Waals surface area contributed by atoms with Gasteiger partial charge in [0.05, 0.1) is 19.9 Å². The maximum absolute atomic E-state index is 11.1. The molecule has 3 rings (SSSR count). The number of aromatic nitrogens is 5. The molecule has 0 amide bonds. The van der Waals surface area contributed by atoms with Gasteiger partial charge in [-0.05, 0) is 33.6 Å². The van der Waals surface area contributed by atoms with Gasteiger partial charge >= 0.3 is 0 Å². The second kappa shape index (κ2) is 6.35. The third kappa shape index (κ3) is 3.19. The summed E-state index contributed by atoms with van der Waals surface area (Å²) in [6.45, 7) is 7.13. The highest BCUT2D eigenvalue weighted by Crippen LogP contribution is 2.32. The fraction of sp³-hybridized carbons (Fsp3) is 0.625. The van der Waals surface area contributed by atoms with Crippen LogP contribution in [0, 0.1) is 6.92 Å². The molecule has 0 aliphatic carbocycles. The largest absolute Gasteiger partial charge is 0.481 e. The maximum atomic E-state index is 11.1. The van der Waals surface area contributed by atoms with Crippen LogP contribution in [0.5, 0.6) is 5.88 Å². The fourth-order valence-electron chi connectivity index (χ4n) is 2.93. The van der Waals surface area contributed by atoms with E-state index in [2.05, 4.69) is 20.3 Å². The molecule has 1 atom stereocenters. The fourth-order valence-corrected chi connectivity index (χ4v) is 2.93. The van der Waals surface area contributed by atoms with Crippen molar-refractivity contribution in [1.82, 2.24) is 25.0 Å². The predicted molar refractivity (Wildman–Crippen MR) is 89.1 cm³/mol. The van der Waals surface area contributed by atoms with Crippen LogP contribution >= 0.6 is 0 Å². The van der Waals surface area contributed by atoms with Crippen LogP contribution < -0.4 is 9.64 Å². The number of ether oxygens (including phenoxy) is 1. The number of methoxy groups -OCH3 is 1. The van der Waals surface area contributed by atoms with Crippen molar-refractivity contribution >= 4 is 5.95 Å². The average Bonchev–Trinajstić information content (AvgIpc) is 3.05. The smallest absolute Gasteiger partial charge is 0.228 e. The Balaban J connectivity index is 1.86. The Morgan fingerprint density at radius 1 is 1.33 bits per heavy atom. The van der Waals surface area contributed by atoms with Gasteiger partial charge in [-0.1, -0.05) is 5.21 Å². The summed E-state index contributed by atoms with van der Waals surface area (Å²) in [5.41, 5.74) is 0.378. The number of hydrogen-bond acceptors (Lipinski definition) is 7. The van der Waals surface area contributed by atoms with E-state index in [1.54, 1.807) is 17.9 Å². The summed E-state index contributed by atoms with van der Waals surface area (Å²) >= 11 is 0. The van der Waals surface area contributed by atoms with Crippen LogP contribution in [0.15, 0.2) is 12.3 Å². The van der Waals surface area contributed by atoms with Gasteiger partial charge in [-0.15, -0.1) is 5.10 Å². The van der Waals surface area contributed by atoms with Crippen LogP contribution in [0.2, 0.25) is 0 Å². The first-order chi connectivity index (χ1) is 11.4. The number of aryl methyl sites for hydroxylation is 1. The monoisotopic (exact) mass is 332 g/mol. The highest BCUT2D eigenvalue weighted by Gasteiger charge is 2.38. The first-order valence-corrected chi connectivity index (χ1v) is 8.20. The van der Waals surface area contributed by atoms with Crippen molar-refractivity contribution in [3.8, 4) is 5.88 Å². The molecular formula is C16H24N6O2. The Kier molecular flexibility index (Phi) is 4.40. The van der Waals surface area contributed by atoms with E-state index >= 15 is 0 Å². The van der Waals surface area contributed by atoms with Crippen molar-refractivity contribution in [3.63, 3.8) is 0 Å². The van der Waals surface area contributed by atoms with Crippen LogP contribution in [-0.2, 0) is 5.60 Å². The Morgan fingerprint density at radius 2 is 2.12 bits per heavy atom. The minimum absolute atomic E-state index is 0.207. The van der Waals surface area contributed by atoms with E-state index in [-0.39, 0.29) is 6.04 Å². The Bertz CT molecular complexity index is 716. The van der Waals surface area contributed by atoms with Crippen LogP contribution in [0.4, 0.5) is 5.95 Å². The van der Waals surface area contributed by atoms with E-state index in [9.17, 15) is 5.11 Å². The summed E-state index contributed by atoms with van der Waals surface area (Å²) < 4.78 is 6.99. The quantitative estimate of drug-likeness (QED) is 0.906.